The molecule has 0 fully saturated rings. The van der Waals surface area contributed by atoms with Gasteiger partial charge in [-0.1, -0.05) is 18.2 Å². The highest BCUT2D eigenvalue weighted by molar-refractivity contribution is 7.90. The number of hydrogen-bond donors (Lipinski definition) is 2. The third kappa shape index (κ3) is 3.38. The second kappa shape index (κ2) is 6.16. The van der Waals surface area contributed by atoms with Crippen LogP contribution >= 0.6 is 0 Å². The third-order valence-electron chi connectivity index (χ3n) is 3.92. The van der Waals surface area contributed by atoms with Crippen molar-refractivity contribution in [2.24, 2.45) is 0 Å². The molecule has 3 N–H and O–H groups in total. The minimum absolute atomic E-state index is 0.0826. The molecular formula is C18H22N4O2S. The zero-order valence-electron chi connectivity index (χ0n) is 14.5. The molecule has 3 rings (SSSR count). The number of nitrogens with one attached hydrogen (secondary N) is 1. The van der Waals surface area contributed by atoms with E-state index in [1.54, 1.807) is 36.4 Å². The highest BCUT2D eigenvalue weighted by Crippen LogP contribution is 2.26. The Kier molecular flexibility index (Phi) is 4.30. The molecule has 132 valence electrons. The first-order chi connectivity index (χ1) is 11.7. The van der Waals surface area contributed by atoms with Crippen LogP contribution in [-0.4, -0.2) is 22.9 Å². The van der Waals surface area contributed by atoms with Crippen LogP contribution in [0.5, 0.6) is 0 Å². The topological polar surface area (TPSA) is 90.0 Å². The third-order valence-corrected chi connectivity index (χ3v) is 5.60. The van der Waals surface area contributed by atoms with Crippen LogP contribution in [-0.2, 0) is 16.6 Å². The fourth-order valence-electron chi connectivity index (χ4n) is 2.58. The van der Waals surface area contributed by atoms with Crippen molar-refractivity contribution in [3.05, 3.63) is 54.4 Å². The molecule has 2 aromatic heterocycles. The van der Waals surface area contributed by atoms with Crippen molar-refractivity contribution in [2.45, 2.75) is 37.8 Å². The molecule has 0 bridgehead atoms. The van der Waals surface area contributed by atoms with E-state index in [0.717, 1.165) is 10.9 Å². The average molecular weight is 358 g/mol. The molecule has 0 amide bonds. The summed E-state index contributed by atoms with van der Waals surface area (Å²) in [6, 6.07) is 10.1. The largest absolute Gasteiger partial charge is 0.397 e. The predicted octanol–water partition coefficient (Wildman–Crippen LogP) is 2.74. The molecule has 25 heavy (non-hydrogen) atoms. The van der Waals surface area contributed by atoms with Gasteiger partial charge in [0.25, 0.3) is 10.0 Å². The van der Waals surface area contributed by atoms with E-state index in [9.17, 15) is 8.42 Å². The molecule has 0 spiro atoms. The van der Waals surface area contributed by atoms with Crippen molar-refractivity contribution in [3.8, 4) is 0 Å². The molecule has 3 aromatic rings. The zero-order valence-corrected chi connectivity index (χ0v) is 15.3. The van der Waals surface area contributed by atoms with Gasteiger partial charge >= 0.3 is 0 Å². The van der Waals surface area contributed by atoms with E-state index in [2.05, 4.69) is 31.1 Å². The highest BCUT2D eigenvalue weighted by atomic mass is 32.2. The van der Waals surface area contributed by atoms with Gasteiger partial charge in [-0.3, -0.25) is 0 Å². The van der Waals surface area contributed by atoms with Crippen LogP contribution in [0.2, 0.25) is 0 Å². The maximum atomic E-state index is 12.9. The van der Waals surface area contributed by atoms with Gasteiger partial charge in [0.05, 0.1) is 16.8 Å². The van der Waals surface area contributed by atoms with Gasteiger partial charge in [-0.05, 0) is 39.0 Å². The van der Waals surface area contributed by atoms with Crippen molar-refractivity contribution in [1.29, 1.82) is 0 Å². The summed E-state index contributed by atoms with van der Waals surface area (Å²) < 4.78 is 27.0. The molecule has 6 nitrogen and oxygen atoms in total. The number of nitrogens with two attached hydrogens (primary N) is 1. The Morgan fingerprint density at radius 3 is 2.48 bits per heavy atom. The highest BCUT2D eigenvalue weighted by Gasteiger charge is 2.21. The Balaban J connectivity index is 2.12. The molecule has 0 radical (unpaired) electrons. The SMILES string of the molecule is CC(C)(C)NCc1c(N)cnc2c1ccn2S(=O)(=O)c1ccccc1. The van der Waals surface area contributed by atoms with Crippen molar-refractivity contribution in [2.75, 3.05) is 5.73 Å². The van der Waals surface area contributed by atoms with Crippen molar-refractivity contribution in [1.82, 2.24) is 14.3 Å². The summed E-state index contributed by atoms with van der Waals surface area (Å²) in [6.07, 6.45) is 3.04. The molecular weight excluding hydrogens is 336 g/mol. The molecule has 2 heterocycles. The summed E-state index contributed by atoms with van der Waals surface area (Å²) in [4.78, 5) is 4.49. The Bertz CT molecular complexity index is 1000. The predicted molar refractivity (Wildman–Crippen MR) is 99.8 cm³/mol. The van der Waals surface area contributed by atoms with Crippen molar-refractivity contribution in [3.63, 3.8) is 0 Å². The number of pyridine rings is 1. The normalized spacial score (nSPS) is 12.6. The average Bonchev–Trinajstić information content (AvgIpc) is 2.98. The lowest BCUT2D eigenvalue weighted by Gasteiger charge is -2.21. The first-order valence-corrected chi connectivity index (χ1v) is 9.44. The number of benzene rings is 1. The Hall–Kier alpha value is -2.38. The fraction of sp³-hybridized carbons (Fsp3) is 0.278. The monoisotopic (exact) mass is 358 g/mol. The molecule has 1 aromatic carbocycles. The minimum Gasteiger partial charge on any atom is -0.397 e. The van der Waals surface area contributed by atoms with Crippen LogP contribution in [0.3, 0.4) is 0 Å². The summed E-state index contributed by atoms with van der Waals surface area (Å²) >= 11 is 0. The standard InChI is InChI=1S/C18H22N4O2S/c1-18(2,3)21-11-15-14-9-10-22(17(14)20-12-16(15)19)25(23,24)13-7-5-4-6-8-13/h4-10,12,21H,11,19H2,1-3H3. The van der Waals surface area contributed by atoms with Crippen molar-refractivity contribution < 1.29 is 8.42 Å². The van der Waals surface area contributed by atoms with E-state index in [-0.39, 0.29) is 10.4 Å². The van der Waals surface area contributed by atoms with E-state index in [1.165, 1.54) is 16.4 Å². The fourth-order valence-corrected chi connectivity index (χ4v) is 3.91. The number of fused-ring (bicyclic) bond motifs is 1. The van der Waals surface area contributed by atoms with Gasteiger partial charge < -0.3 is 11.1 Å². The van der Waals surface area contributed by atoms with Gasteiger partial charge in [0.15, 0.2) is 5.65 Å². The molecule has 0 aliphatic carbocycles. The first-order valence-electron chi connectivity index (χ1n) is 8.00. The molecule has 7 heteroatoms. The second-order valence-electron chi connectivity index (χ2n) is 6.96. The molecule has 0 aliphatic rings. The number of anilines is 1. The number of nitrogen functional groups attached to an aromatic ring is 1. The summed E-state index contributed by atoms with van der Waals surface area (Å²) in [7, 11) is -3.70. The van der Waals surface area contributed by atoms with Crippen LogP contribution in [0.1, 0.15) is 26.3 Å². The lowest BCUT2D eigenvalue weighted by atomic mass is 10.1. The minimum atomic E-state index is -3.70. The van der Waals surface area contributed by atoms with E-state index in [4.69, 9.17) is 5.73 Å². The van der Waals surface area contributed by atoms with Crippen LogP contribution in [0.4, 0.5) is 5.69 Å². The number of rotatable bonds is 4. The lowest BCUT2D eigenvalue weighted by molar-refractivity contribution is 0.425. The van der Waals surface area contributed by atoms with E-state index in [1.807, 2.05) is 0 Å². The van der Waals surface area contributed by atoms with Gasteiger partial charge in [0.2, 0.25) is 0 Å². The maximum absolute atomic E-state index is 12.9. The molecule has 0 saturated heterocycles. The molecule has 0 aliphatic heterocycles. The summed E-state index contributed by atoms with van der Waals surface area (Å²) in [5.41, 5.74) is 7.77. The first kappa shape index (κ1) is 17.4. The van der Waals surface area contributed by atoms with E-state index in [0.29, 0.717) is 17.9 Å². The van der Waals surface area contributed by atoms with Crippen LogP contribution in [0.25, 0.3) is 11.0 Å². The summed E-state index contributed by atoms with van der Waals surface area (Å²) in [6.45, 7) is 6.72. The van der Waals surface area contributed by atoms with E-state index < -0.39 is 10.0 Å². The second-order valence-corrected chi connectivity index (χ2v) is 8.78. The van der Waals surface area contributed by atoms with Crippen LogP contribution in [0, 0.1) is 0 Å². The summed E-state index contributed by atoms with van der Waals surface area (Å²) in [5.74, 6) is 0. The molecule has 0 unspecified atom stereocenters. The van der Waals surface area contributed by atoms with E-state index >= 15 is 0 Å². The Morgan fingerprint density at radius 2 is 1.84 bits per heavy atom. The van der Waals surface area contributed by atoms with Gasteiger partial charge in [0, 0.05) is 29.2 Å². The zero-order chi connectivity index (χ0) is 18.2. The molecule has 0 saturated carbocycles. The van der Waals surface area contributed by atoms with Gasteiger partial charge in [-0.25, -0.2) is 17.4 Å². The van der Waals surface area contributed by atoms with Crippen LogP contribution < -0.4 is 11.1 Å². The van der Waals surface area contributed by atoms with Crippen LogP contribution in [0.15, 0.2) is 53.7 Å². The number of hydrogen-bond acceptors (Lipinski definition) is 5. The Labute approximate surface area is 147 Å². The number of nitrogens with zero attached hydrogens (tertiary/aromatic N) is 2. The molecule has 0 atom stereocenters. The lowest BCUT2D eigenvalue weighted by Crippen LogP contribution is -2.35. The Morgan fingerprint density at radius 1 is 1.16 bits per heavy atom. The summed E-state index contributed by atoms with van der Waals surface area (Å²) in [5, 5.41) is 4.12. The van der Waals surface area contributed by atoms with Gasteiger partial charge in [-0.15, -0.1) is 0 Å². The maximum Gasteiger partial charge on any atom is 0.269 e. The smallest absolute Gasteiger partial charge is 0.269 e. The van der Waals surface area contributed by atoms with Crippen molar-refractivity contribution >= 4 is 26.7 Å². The quantitative estimate of drug-likeness (QED) is 0.748. The van der Waals surface area contributed by atoms with Gasteiger partial charge in [-0.2, -0.15) is 0 Å². The number of aromatic nitrogens is 2. The van der Waals surface area contributed by atoms with Gasteiger partial charge in [0.1, 0.15) is 0 Å².